The van der Waals surface area contributed by atoms with Crippen molar-refractivity contribution in [1.82, 2.24) is 29.4 Å². The molecule has 0 unspecified atom stereocenters. The van der Waals surface area contributed by atoms with E-state index in [4.69, 9.17) is 0 Å². The zero-order chi connectivity index (χ0) is 18.0. The summed E-state index contributed by atoms with van der Waals surface area (Å²) >= 11 is 0. The van der Waals surface area contributed by atoms with Gasteiger partial charge in [-0.2, -0.15) is 4.98 Å². The van der Waals surface area contributed by atoms with Crippen LogP contribution in [-0.4, -0.2) is 56.4 Å². The molecule has 2 heterocycles. The number of benzene rings is 1. The van der Waals surface area contributed by atoms with Crippen LogP contribution in [0.4, 0.5) is 0 Å². The molecule has 0 aliphatic rings. The molecule has 3 rings (SSSR count). The first-order valence-electron chi connectivity index (χ1n) is 8.10. The van der Waals surface area contributed by atoms with E-state index in [0.29, 0.717) is 12.3 Å². The van der Waals surface area contributed by atoms with E-state index in [1.165, 1.54) is 10.1 Å². The fourth-order valence-electron chi connectivity index (χ4n) is 2.59. The Morgan fingerprint density at radius 1 is 1.00 bits per heavy atom. The lowest BCUT2D eigenvalue weighted by atomic mass is 10.1. The van der Waals surface area contributed by atoms with E-state index in [-0.39, 0.29) is 11.7 Å². The fraction of sp³-hybridized carbons (Fsp3) is 0.333. The minimum Gasteiger partial charge on any atom is -0.335 e. The van der Waals surface area contributed by atoms with Gasteiger partial charge in [0.15, 0.2) is 0 Å². The van der Waals surface area contributed by atoms with Crippen LogP contribution in [-0.2, 0) is 13.1 Å². The zero-order valence-corrected chi connectivity index (χ0v) is 15.0. The molecule has 0 fully saturated rings. The highest BCUT2D eigenvalue weighted by atomic mass is 16.2. The smallest absolute Gasteiger partial charge is 0.293 e. The van der Waals surface area contributed by atoms with Gasteiger partial charge in [-0.1, -0.05) is 24.3 Å². The molecule has 1 aromatic carbocycles. The Kier molecular flexibility index (Phi) is 4.76. The maximum Gasteiger partial charge on any atom is 0.293 e. The van der Waals surface area contributed by atoms with Gasteiger partial charge in [-0.05, 0) is 38.2 Å². The summed E-state index contributed by atoms with van der Waals surface area (Å²) in [6, 6.07) is 10.1. The van der Waals surface area contributed by atoms with E-state index in [1.54, 1.807) is 18.1 Å². The first-order valence-corrected chi connectivity index (χ1v) is 8.10. The van der Waals surface area contributed by atoms with E-state index in [0.717, 1.165) is 17.8 Å². The highest BCUT2D eigenvalue weighted by molar-refractivity contribution is 5.90. The predicted octanol–water partition coefficient (Wildman–Crippen LogP) is 1.77. The van der Waals surface area contributed by atoms with Crippen LogP contribution >= 0.6 is 0 Å². The summed E-state index contributed by atoms with van der Waals surface area (Å²) in [5.74, 6) is 0.370. The molecule has 130 valence electrons. The molecule has 0 aliphatic heterocycles. The summed E-state index contributed by atoms with van der Waals surface area (Å²) in [7, 11) is 5.83. The topological polar surface area (TPSA) is 66.6 Å². The number of carbonyl (C=O) groups excluding carboxylic acids is 1. The standard InChI is InChI=1S/C18H22N6O/c1-13-9-10-24-18(19-13)20-16(21-24)17(25)23(4)12-15-7-5-14(6-8-15)11-22(2)3/h5-10H,11-12H2,1-4H3. The summed E-state index contributed by atoms with van der Waals surface area (Å²) in [4.78, 5) is 24.8. The normalized spacial score (nSPS) is 11.2. The molecule has 0 radical (unpaired) electrons. The lowest BCUT2D eigenvalue weighted by Gasteiger charge is -2.16. The van der Waals surface area contributed by atoms with Crippen LogP contribution in [0, 0.1) is 6.92 Å². The predicted molar refractivity (Wildman–Crippen MR) is 95.1 cm³/mol. The van der Waals surface area contributed by atoms with Crippen molar-refractivity contribution in [1.29, 1.82) is 0 Å². The molecular formula is C18H22N6O. The second-order valence-electron chi connectivity index (χ2n) is 6.46. The largest absolute Gasteiger partial charge is 0.335 e. The Hall–Kier alpha value is -2.80. The Bertz CT molecular complexity index is 884. The molecule has 0 N–H and O–H groups in total. The maximum atomic E-state index is 12.6. The van der Waals surface area contributed by atoms with Crippen LogP contribution in [0.1, 0.15) is 27.4 Å². The van der Waals surface area contributed by atoms with Gasteiger partial charge in [0.25, 0.3) is 11.7 Å². The molecule has 1 amide bonds. The van der Waals surface area contributed by atoms with Crippen molar-refractivity contribution in [3.05, 3.63) is 59.2 Å². The number of fused-ring (bicyclic) bond motifs is 1. The molecule has 7 nitrogen and oxygen atoms in total. The third-order valence-electron chi connectivity index (χ3n) is 3.83. The molecule has 2 aromatic heterocycles. The van der Waals surface area contributed by atoms with Crippen LogP contribution in [0.25, 0.3) is 5.78 Å². The summed E-state index contributed by atoms with van der Waals surface area (Å²) in [5.41, 5.74) is 3.15. The molecular weight excluding hydrogens is 316 g/mol. The van der Waals surface area contributed by atoms with Crippen LogP contribution in [0.3, 0.4) is 0 Å². The van der Waals surface area contributed by atoms with Gasteiger partial charge in [-0.15, -0.1) is 5.10 Å². The van der Waals surface area contributed by atoms with Crippen molar-refractivity contribution < 1.29 is 4.79 Å². The second kappa shape index (κ2) is 6.98. The first-order chi connectivity index (χ1) is 11.9. The van der Waals surface area contributed by atoms with Gasteiger partial charge in [0.2, 0.25) is 5.82 Å². The number of carbonyl (C=O) groups is 1. The number of aromatic nitrogens is 4. The van der Waals surface area contributed by atoms with E-state index in [1.807, 2.05) is 39.2 Å². The third-order valence-corrected chi connectivity index (χ3v) is 3.83. The van der Waals surface area contributed by atoms with Gasteiger partial charge in [0, 0.05) is 32.0 Å². The highest BCUT2D eigenvalue weighted by Crippen LogP contribution is 2.10. The molecule has 0 atom stereocenters. The van der Waals surface area contributed by atoms with Crippen molar-refractivity contribution in [2.45, 2.75) is 20.0 Å². The van der Waals surface area contributed by atoms with Crippen molar-refractivity contribution >= 4 is 11.7 Å². The average molecular weight is 338 g/mol. The number of amides is 1. The van der Waals surface area contributed by atoms with Crippen molar-refractivity contribution in [3.63, 3.8) is 0 Å². The van der Waals surface area contributed by atoms with E-state index < -0.39 is 0 Å². The summed E-state index contributed by atoms with van der Waals surface area (Å²) in [6.45, 7) is 3.28. The van der Waals surface area contributed by atoms with Crippen LogP contribution in [0.5, 0.6) is 0 Å². The SMILES string of the molecule is Cc1ccn2nc(C(=O)N(C)Cc3ccc(CN(C)C)cc3)nc2n1. The Morgan fingerprint density at radius 2 is 1.64 bits per heavy atom. The molecule has 25 heavy (non-hydrogen) atoms. The second-order valence-corrected chi connectivity index (χ2v) is 6.46. The number of aryl methyl sites for hydroxylation is 1. The zero-order valence-electron chi connectivity index (χ0n) is 15.0. The Labute approximate surface area is 146 Å². The molecule has 0 bridgehead atoms. The Balaban J connectivity index is 1.71. The maximum absolute atomic E-state index is 12.6. The fourth-order valence-corrected chi connectivity index (χ4v) is 2.59. The molecule has 0 saturated carbocycles. The first kappa shape index (κ1) is 17.0. The van der Waals surface area contributed by atoms with Gasteiger partial charge in [-0.3, -0.25) is 4.79 Å². The Morgan fingerprint density at radius 3 is 2.28 bits per heavy atom. The minimum atomic E-state index is -0.222. The lowest BCUT2D eigenvalue weighted by molar-refractivity contribution is 0.0773. The lowest BCUT2D eigenvalue weighted by Crippen LogP contribution is -2.27. The van der Waals surface area contributed by atoms with Crippen LogP contribution in [0.15, 0.2) is 36.5 Å². The number of hydrogen-bond donors (Lipinski definition) is 0. The van der Waals surface area contributed by atoms with Crippen molar-refractivity contribution in [3.8, 4) is 0 Å². The number of nitrogens with zero attached hydrogens (tertiary/aromatic N) is 6. The quantitative estimate of drug-likeness (QED) is 0.709. The number of rotatable bonds is 5. The average Bonchev–Trinajstić information content (AvgIpc) is 2.98. The van der Waals surface area contributed by atoms with Gasteiger partial charge in [0.05, 0.1) is 0 Å². The van der Waals surface area contributed by atoms with Crippen molar-refractivity contribution in [2.75, 3.05) is 21.1 Å². The van der Waals surface area contributed by atoms with Crippen LogP contribution < -0.4 is 0 Å². The monoisotopic (exact) mass is 338 g/mol. The molecule has 0 aliphatic carbocycles. The third kappa shape index (κ3) is 4.00. The van der Waals surface area contributed by atoms with Crippen LogP contribution in [0.2, 0.25) is 0 Å². The summed E-state index contributed by atoms with van der Waals surface area (Å²) in [6.07, 6.45) is 1.75. The minimum absolute atomic E-state index is 0.157. The van der Waals surface area contributed by atoms with Gasteiger partial charge in [0.1, 0.15) is 0 Å². The van der Waals surface area contributed by atoms with E-state index >= 15 is 0 Å². The van der Waals surface area contributed by atoms with Gasteiger partial charge < -0.3 is 9.80 Å². The molecule has 3 aromatic rings. The molecule has 0 spiro atoms. The molecule has 7 heteroatoms. The van der Waals surface area contributed by atoms with Crippen molar-refractivity contribution in [2.24, 2.45) is 0 Å². The molecule has 0 saturated heterocycles. The summed E-state index contributed by atoms with van der Waals surface area (Å²) in [5, 5.41) is 4.21. The van der Waals surface area contributed by atoms with E-state index in [2.05, 4.69) is 32.1 Å². The van der Waals surface area contributed by atoms with E-state index in [9.17, 15) is 4.79 Å². The highest BCUT2D eigenvalue weighted by Gasteiger charge is 2.18. The number of hydrogen-bond acceptors (Lipinski definition) is 5. The summed E-state index contributed by atoms with van der Waals surface area (Å²) < 4.78 is 1.52. The van der Waals surface area contributed by atoms with Gasteiger partial charge >= 0.3 is 0 Å². The van der Waals surface area contributed by atoms with Gasteiger partial charge in [-0.25, -0.2) is 9.50 Å².